The summed E-state index contributed by atoms with van der Waals surface area (Å²) in [5.74, 6) is 0. The first-order valence-electron chi connectivity index (χ1n) is 11.9. The lowest BCUT2D eigenvalue weighted by Gasteiger charge is -2.13. The van der Waals surface area contributed by atoms with E-state index in [1.54, 1.807) is 0 Å². The normalized spacial score (nSPS) is 11.8. The van der Waals surface area contributed by atoms with Crippen LogP contribution in [0.3, 0.4) is 0 Å². The van der Waals surface area contributed by atoms with Crippen molar-refractivity contribution in [3.05, 3.63) is 52.0 Å². The van der Waals surface area contributed by atoms with Crippen LogP contribution < -0.4 is 0 Å². The minimum Gasteiger partial charge on any atom is -0.380 e. The minimum atomic E-state index is 0.700. The smallest absolute Gasteiger partial charge is 0.165 e. The highest BCUT2D eigenvalue weighted by Crippen LogP contribution is 2.36. The predicted octanol–water partition coefficient (Wildman–Crippen LogP) is 6.27. The molecule has 0 saturated heterocycles. The van der Waals surface area contributed by atoms with Crippen LogP contribution in [0.1, 0.15) is 60.5 Å². The first-order chi connectivity index (χ1) is 15.4. The quantitative estimate of drug-likeness (QED) is 0.308. The topological polar surface area (TPSA) is 44.4 Å². The third-order valence-corrected chi connectivity index (χ3v) is 6.43. The summed E-state index contributed by atoms with van der Waals surface area (Å²) in [7, 11) is 0. The molecule has 5 heteroatoms. The van der Waals surface area contributed by atoms with Crippen molar-refractivity contribution >= 4 is 16.7 Å². The Kier molecular flexibility index (Phi) is 6.38. The van der Waals surface area contributed by atoms with Crippen LogP contribution in [-0.4, -0.2) is 32.4 Å². The SMILES string of the molecule is CCCCc1cc2c(C)nc3c(-c4c(C)cc(C)cc4C)c(C)nn3c2n1CCOCC. The standard InChI is InChI=1S/C27H36N4O/c1-8-10-11-22-16-23-20(6)28-26-25(24-18(4)14-17(3)15-19(24)5)21(7)29-31(26)27(23)30(22)12-13-32-9-2/h14-16H,8-13H2,1-7H3. The van der Waals surface area contributed by atoms with Crippen LogP contribution in [0.2, 0.25) is 0 Å². The molecule has 0 saturated carbocycles. The summed E-state index contributed by atoms with van der Waals surface area (Å²) in [5, 5.41) is 6.22. The van der Waals surface area contributed by atoms with E-state index < -0.39 is 0 Å². The molecule has 4 rings (SSSR count). The van der Waals surface area contributed by atoms with Gasteiger partial charge in [0.1, 0.15) is 5.65 Å². The molecule has 0 radical (unpaired) electrons. The number of hydrogen-bond acceptors (Lipinski definition) is 3. The largest absolute Gasteiger partial charge is 0.380 e. The molecule has 3 heterocycles. The molecule has 32 heavy (non-hydrogen) atoms. The summed E-state index contributed by atoms with van der Waals surface area (Å²) in [6, 6.07) is 6.83. The zero-order chi connectivity index (χ0) is 23.0. The van der Waals surface area contributed by atoms with Gasteiger partial charge in [0.2, 0.25) is 0 Å². The van der Waals surface area contributed by atoms with E-state index in [2.05, 4.69) is 68.8 Å². The van der Waals surface area contributed by atoms with Crippen molar-refractivity contribution in [1.29, 1.82) is 0 Å². The van der Waals surface area contributed by atoms with E-state index in [0.717, 1.165) is 47.8 Å². The number of aryl methyl sites for hydroxylation is 6. The zero-order valence-corrected chi connectivity index (χ0v) is 20.7. The number of fused-ring (bicyclic) bond motifs is 3. The van der Waals surface area contributed by atoms with Gasteiger partial charge in [0.05, 0.1) is 23.6 Å². The molecule has 0 fully saturated rings. The van der Waals surface area contributed by atoms with E-state index >= 15 is 0 Å². The van der Waals surface area contributed by atoms with Gasteiger partial charge in [-0.25, -0.2) is 4.98 Å². The Morgan fingerprint density at radius 1 is 0.906 bits per heavy atom. The van der Waals surface area contributed by atoms with Crippen molar-refractivity contribution in [2.75, 3.05) is 13.2 Å². The Morgan fingerprint density at radius 2 is 1.62 bits per heavy atom. The third-order valence-electron chi connectivity index (χ3n) is 6.43. The first kappa shape index (κ1) is 22.5. The summed E-state index contributed by atoms with van der Waals surface area (Å²) >= 11 is 0. The molecule has 170 valence electrons. The Balaban J connectivity index is 2.02. The van der Waals surface area contributed by atoms with E-state index in [1.165, 1.54) is 46.2 Å². The van der Waals surface area contributed by atoms with Crippen molar-refractivity contribution in [3.63, 3.8) is 0 Å². The van der Waals surface area contributed by atoms with Gasteiger partial charge in [-0.15, -0.1) is 0 Å². The molecule has 0 atom stereocenters. The highest BCUT2D eigenvalue weighted by molar-refractivity contribution is 5.90. The first-order valence-corrected chi connectivity index (χ1v) is 11.9. The van der Waals surface area contributed by atoms with Crippen LogP contribution in [0.25, 0.3) is 27.8 Å². The molecule has 0 aliphatic carbocycles. The maximum atomic E-state index is 5.73. The Labute approximate surface area is 191 Å². The van der Waals surface area contributed by atoms with Crippen molar-refractivity contribution in [2.45, 2.75) is 74.3 Å². The Bertz CT molecular complexity index is 1260. The molecular weight excluding hydrogens is 396 g/mol. The average molecular weight is 433 g/mol. The molecule has 0 spiro atoms. The number of aromatic nitrogens is 4. The number of ether oxygens (including phenoxy) is 1. The van der Waals surface area contributed by atoms with Gasteiger partial charge in [0, 0.05) is 24.2 Å². The summed E-state index contributed by atoms with van der Waals surface area (Å²) in [6.45, 7) is 17.3. The number of rotatable bonds is 8. The molecule has 1 aromatic carbocycles. The summed E-state index contributed by atoms with van der Waals surface area (Å²) < 4.78 is 10.2. The fourth-order valence-electron chi connectivity index (χ4n) is 5.05. The minimum absolute atomic E-state index is 0.700. The highest BCUT2D eigenvalue weighted by atomic mass is 16.5. The molecule has 0 N–H and O–H groups in total. The summed E-state index contributed by atoms with van der Waals surface area (Å²) in [4.78, 5) is 5.09. The molecule has 0 aliphatic rings. The second-order valence-electron chi connectivity index (χ2n) is 8.99. The van der Waals surface area contributed by atoms with Crippen molar-refractivity contribution in [3.8, 4) is 11.1 Å². The Morgan fingerprint density at radius 3 is 2.28 bits per heavy atom. The van der Waals surface area contributed by atoms with Gasteiger partial charge < -0.3 is 9.30 Å². The maximum Gasteiger partial charge on any atom is 0.165 e. The summed E-state index contributed by atoms with van der Waals surface area (Å²) in [6.07, 6.45) is 3.41. The van der Waals surface area contributed by atoms with E-state index in [1.807, 2.05) is 6.92 Å². The van der Waals surface area contributed by atoms with E-state index in [4.69, 9.17) is 14.8 Å². The number of benzene rings is 1. The lowest BCUT2D eigenvalue weighted by atomic mass is 9.94. The lowest BCUT2D eigenvalue weighted by Crippen LogP contribution is -2.11. The molecule has 3 aromatic heterocycles. The number of hydrogen-bond donors (Lipinski definition) is 0. The van der Waals surface area contributed by atoms with E-state index in [-0.39, 0.29) is 0 Å². The van der Waals surface area contributed by atoms with E-state index in [0.29, 0.717) is 6.61 Å². The molecule has 0 unspecified atom stereocenters. The van der Waals surface area contributed by atoms with Crippen molar-refractivity contribution < 1.29 is 4.74 Å². The molecule has 4 aromatic rings. The fourth-order valence-corrected chi connectivity index (χ4v) is 5.05. The van der Waals surface area contributed by atoms with Crippen LogP contribution in [0.5, 0.6) is 0 Å². The number of unbranched alkanes of at least 4 members (excludes halogenated alkanes) is 1. The van der Waals surface area contributed by atoms with Gasteiger partial charge in [-0.1, -0.05) is 31.0 Å². The highest BCUT2D eigenvalue weighted by Gasteiger charge is 2.22. The van der Waals surface area contributed by atoms with Crippen LogP contribution in [0.15, 0.2) is 18.2 Å². The zero-order valence-electron chi connectivity index (χ0n) is 20.7. The second kappa shape index (κ2) is 9.07. The van der Waals surface area contributed by atoms with Gasteiger partial charge in [-0.3, -0.25) is 0 Å². The average Bonchev–Trinajstić information content (AvgIpc) is 3.25. The lowest BCUT2D eigenvalue weighted by molar-refractivity contribution is 0.139. The molecular formula is C27H36N4O. The molecule has 0 aliphatic heterocycles. The van der Waals surface area contributed by atoms with Gasteiger partial charge >= 0.3 is 0 Å². The molecule has 0 bridgehead atoms. The Hall–Kier alpha value is -2.66. The van der Waals surface area contributed by atoms with Crippen LogP contribution in [0, 0.1) is 34.6 Å². The van der Waals surface area contributed by atoms with Crippen LogP contribution in [0.4, 0.5) is 0 Å². The summed E-state index contributed by atoms with van der Waals surface area (Å²) in [5.41, 5.74) is 11.7. The monoisotopic (exact) mass is 432 g/mol. The fraction of sp³-hybridized carbons (Fsp3) is 0.481. The van der Waals surface area contributed by atoms with Gasteiger partial charge in [-0.05, 0) is 77.1 Å². The third kappa shape index (κ3) is 3.83. The van der Waals surface area contributed by atoms with Crippen molar-refractivity contribution in [1.82, 2.24) is 19.2 Å². The predicted molar refractivity (Wildman–Crippen MR) is 133 cm³/mol. The van der Waals surface area contributed by atoms with Gasteiger partial charge in [0.15, 0.2) is 5.65 Å². The van der Waals surface area contributed by atoms with Gasteiger partial charge in [-0.2, -0.15) is 9.61 Å². The second-order valence-corrected chi connectivity index (χ2v) is 8.99. The van der Waals surface area contributed by atoms with Crippen LogP contribution >= 0.6 is 0 Å². The molecule has 5 nitrogen and oxygen atoms in total. The maximum absolute atomic E-state index is 5.73. The van der Waals surface area contributed by atoms with E-state index in [9.17, 15) is 0 Å². The van der Waals surface area contributed by atoms with Crippen LogP contribution in [-0.2, 0) is 17.7 Å². The molecule has 0 amide bonds. The van der Waals surface area contributed by atoms with Gasteiger partial charge in [0.25, 0.3) is 0 Å². The number of nitrogens with zero attached hydrogens (tertiary/aromatic N) is 4. The van der Waals surface area contributed by atoms with Crippen molar-refractivity contribution in [2.24, 2.45) is 0 Å².